The first-order valence-corrected chi connectivity index (χ1v) is 5.86. The van der Waals surface area contributed by atoms with Crippen LogP contribution in [-0.4, -0.2) is 18.3 Å². The Balaban J connectivity index is 2.57. The Morgan fingerprint density at radius 3 is 3.00 bits per heavy atom. The molecule has 0 aliphatic carbocycles. The molecule has 2 nitrogen and oxygen atoms in total. The first-order valence-electron chi connectivity index (χ1n) is 3.82. The zero-order valence-corrected chi connectivity index (χ0v) is 9.04. The third-order valence-electron chi connectivity index (χ3n) is 1.75. The van der Waals surface area contributed by atoms with Crippen molar-refractivity contribution in [2.45, 2.75) is 4.34 Å². The van der Waals surface area contributed by atoms with E-state index in [0.29, 0.717) is 0 Å². The number of thiazole rings is 1. The van der Waals surface area contributed by atoms with Crippen molar-refractivity contribution in [1.82, 2.24) is 4.98 Å². The molecule has 13 heavy (non-hydrogen) atoms. The summed E-state index contributed by atoms with van der Waals surface area (Å²) in [5.41, 5.74) is 1.05. The second kappa shape index (κ2) is 3.55. The highest BCUT2D eigenvalue weighted by Crippen LogP contribution is 2.30. The number of aromatic nitrogens is 1. The highest BCUT2D eigenvalue weighted by molar-refractivity contribution is 8.00. The third-order valence-corrected chi connectivity index (χ3v) is 3.75. The summed E-state index contributed by atoms with van der Waals surface area (Å²) < 4.78 is 7.42. The van der Waals surface area contributed by atoms with Crippen molar-refractivity contribution in [3.8, 4) is 5.75 Å². The lowest BCUT2D eigenvalue weighted by Gasteiger charge is -1.96. The largest absolute Gasteiger partial charge is 0.497 e. The van der Waals surface area contributed by atoms with Crippen molar-refractivity contribution < 1.29 is 4.74 Å². The molecule has 2 aromatic rings. The van der Waals surface area contributed by atoms with Gasteiger partial charge in [0.15, 0.2) is 4.34 Å². The summed E-state index contributed by atoms with van der Waals surface area (Å²) in [6, 6.07) is 5.95. The average Bonchev–Trinajstić information content (AvgIpc) is 2.58. The van der Waals surface area contributed by atoms with Crippen LogP contribution < -0.4 is 4.74 Å². The smallest absolute Gasteiger partial charge is 0.150 e. The summed E-state index contributed by atoms with van der Waals surface area (Å²) >= 11 is 3.37. The van der Waals surface area contributed by atoms with E-state index < -0.39 is 0 Å². The Hall–Kier alpha value is -0.740. The van der Waals surface area contributed by atoms with Gasteiger partial charge in [0.25, 0.3) is 0 Å². The number of methoxy groups -OCH3 is 1. The number of hydrogen-bond acceptors (Lipinski definition) is 4. The lowest BCUT2D eigenvalue weighted by molar-refractivity contribution is 0.415. The minimum atomic E-state index is 0.892. The molecule has 0 saturated carbocycles. The molecule has 68 valence electrons. The molecule has 0 unspecified atom stereocenters. The van der Waals surface area contributed by atoms with Crippen LogP contribution in [0.25, 0.3) is 10.2 Å². The van der Waals surface area contributed by atoms with Crippen LogP contribution in [0.2, 0.25) is 0 Å². The number of rotatable bonds is 2. The van der Waals surface area contributed by atoms with Crippen LogP contribution in [0, 0.1) is 0 Å². The van der Waals surface area contributed by atoms with Crippen LogP contribution in [0.1, 0.15) is 0 Å². The number of fused-ring (bicyclic) bond motifs is 1. The lowest BCUT2D eigenvalue weighted by Crippen LogP contribution is -1.80. The zero-order chi connectivity index (χ0) is 9.26. The predicted octanol–water partition coefficient (Wildman–Crippen LogP) is 3.03. The number of benzene rings is 1. The molecule has 0 atom stereocenters. The Morgan fingerprint density at radius 2 is 2.31 bits per heavy atom. The molecule has 0 N–H and O–H groups in total. The Kier molecular flexibility index (Phi) is 2.42. The van der Waals surface area contributed by atoms with Gasteiger partial charge in [-0.2, -0.15) is 0 Å². The maximum absolute atomic E-state index is 5.14. The summed E-state index contributed by atoms with van der Waals surface area (Å²) in [5.74, 6) is 0.892. The van der Waals surface area contributed by atoms with E-state index in [1.165, 1.54) is 4.70 Å². The summed E-state index contributed by atoms with van der Waals surface area (Å²) in [7, 11) is 1.68. The van der Waals surface area contributed by atoms with Gasteiger partial charge in [-0.05, 0) is 24.5 Å². The minimum Gasteiger partial charge on any atom is -0.497 e. The van der Waals surface area contributed by atoms with Crippen LogP contribution in [0.5, 0.6) is 5.75 Å². The fourth-order valence-electron chi connectivity index (χ4n) is 1.10. The van der Waals surface area contributed by atoms with Crippen LogP contribution in [0.15, 0.2) is 22.5 Å². The van der Waals surface area contributed by atoms with E-state index in [-0.39, 0.29) is 0 Å². The molecule has 0 fully saturated rings. The van der Waals surface area contributed by atoms with E-state index in [1.54, 1.807) is 30.2 Å². The first-order chi connectivity index (χ1) is 6.33. The summed E-state index contributed by atoms with van der Waals surface area (Å²) in [4.78, 5) is 4.43. The van der Waals surface area contributed by atoms with Gasteiger partial charge in [-0.15, -0.1) is 11.3 Å². The summed E-state index contributed by atoms with van der Waals surface area (Å²) in [5, 5.41) is 0. The molecule has 2 rings (SSSR count). The van der Waals surface area contributed by atoms with Crippen LogP contribution in [-0.2, 0) is 0 Å². The molecule has 0 bridgehead atoms. The quantitative estimate of drug-likeness (QED) is 0.713. The van der Waals surface area contributed by atoms with Gasteiger partial charge in [0.05, 0.1) is 17.3 Å². The highest BCUT2D eigenvalue weighted by atomic mass is 32.2. The van der Waals surface area contributed by atoms with Gasteiger partial charge in [-0.25, -0.2) is 4.98 Å². The molecule has 0 aliphatic heterocycles. The van der Waals surface area contributed by atoms with Gasteiger partial charge >= 0.3 is 0 Å². The molecule has 0 radical (unpaired) electrons. The van der Waals surface area contributed by atoms with Crippen molar-refractivity contribution in [2.24, 2.45) is 0 Å². The average molecular weight is 211 g/mol. The molecule has 1 aromatic carbocycles. The number of hydrogen-bond donors (Lipinski definition) is 0. The highest BCUT2D eigenvalue weighted by Gasteiger charge is 2.03. The summed E-state index contributed by atoms with van der Waals surface area (Å²) in [6.45, 7) is 0. The molecule has 1 aromatic heterocycles. The van der Waals surface area contributed by atoms with Gasteiger partial charge in [-0.3, -0.25) is 0 Å². The van der Waals surface area contributed by atoms with Crippen LogP contribution >= 0.6 is 23.1 Å². The van der Waals surface area contributed by atoms with E-state index in [4.69, 9.17) is 4.74 Å². The topological polar surface area (TPSA) is 22.1 Å². The van der Waals surface area contributed by atoms with Gasteiger partial charge in [-0.1, -0.05) is 11.8 Å². The van der Waals surface area contributed by atoms with E-state index >= 15 is 0 Å². The third kappa shape index (κ3) is 1.64. The van der Waals surface area contributed by atoms with Crippen molar-refractivity contribution in [1.29, 1.82) is 0 Å². The molecule has 4 heteroatoms. The van der Waals surface area contributed by atoms with Crippen molar-refractivity contribution in [3.63, 3.8) is 0 Å². The number of thioether (sulfide) groups is 1. The lowest BCUT2D eigenvalue weighted by atomic mass is 10.3. The molecule has 0 saturated heterocycles. The Labute approximate surface area is 84.9 Å². The molecule has 0 amide bonds. The maximum atomic E-state index is 5.14. The standard InChI is InChI=1S/C9H9NOS2/c1-11-6-3-4-7-8(5-6)13-9(10-7)12-2/h3-5H,1-2H3. The maximum Gasteiger partial charge on any atom is 0.150 e. The van der Waals surface area contributed by atoms with Gasteiger partial charge in [0, 0.05) is 0 Å². The first kappa shape index (κ1) is 8.84. The van der Waals surface area contributed by atoms with Crippen molar-refractivity contribution in [2.75, 3.05) is 13.4 Å². The fraction of sp³-hybridized carbons (Fsp3) is 0.222. The molecular weight excluding hydrogens is 202 g/mol. The predicted molar refractivity (Wildman–Crippen MR) is 58.0 cm³/mol. The van der Waals surface area contributed by atoms with Gasteiger partial charge in [0.2, 0.25) is 0 Å². The van der Waals surface area contributed by atoms with Gasteiger partial charge < -0.3 is 4.74 Å². The van der Waals surface area contributed by atoms with Crippen molar-refractivity contribution >= 4 is 33.3 Å². The monoisotopic (exact) mass is 211 g/mol. The van der Waals surface area contributed by atoms with Gasteiger partial charge in [0.1, 0.15) is 5.75 Å². The molecule has 0 aliphatic rings. The van der Waals surface area contributed by atoms with E-state index in [0.717, 1.165) is 15.6 Å². The van der Waals surface area contributed by atoms with Crippen LogP contribution in [0.3, 0.4) is 0 Å². The second-order valence-corrected chi connectivity index (χ2v) is 4.60. The minimum absolute atomic E-state index is 0.892. The Bertz CT molecular complexity index is 422. The van der Waals surface area contributed by atoms with E-state index in [2.05, 4.69) is 4.98 Å². The van der Waals surface area contributed by atoms with Crippen LogP contribution in [0.4, 0.5) is 0 Å². The molecule has 1 heterocycles. The van der Waals surface area contributed by atoms with E-state index in [1.807, 2.05) is 24.5 Å². The fourth-order valence-corrected chi connectivity index (χ4v) is 2.62. The molecule has 0 spiro atoms. The van der Waals surface area contributed by atoms with Crippen molar-refractivity contribution in [3.05, 3.63) is 18.2 Å². The number of nitrogens with zero attached hydrogens (tertiary/aromatic N) is 1. The molecular formula is C9H9NOS2. The van der Waals surface area contributed by atoms with E-state index in [9.17, 15) is 0 Å². The zero-order valence-electron chi connectivity index (χ0n) is 7.40. The second-order valence-electron chi connectivity index (χ2n) is 2.52. The SMILES string of the molecule is COc1ccc2nc(SC)sc2c1. The summed E-state index contributed by atoms with van der Waals surface area (Å²) in [6.07, 6.45) is 2.04. The number of ether oxygens (including phenoxy) is 1. The Morgan fingerprint density at radius 1 is 1.46 bits per heavy atom. The normalized spacial score (nSPS) is 10.6.